The highest BCUT2D eigenvalue weighted by Crippen LogP contribution is 2.17. The van der Waals surface area contributed by atoms with Crippen molar-refractivity contribution in [2.75, 3.05) is 5.73 Å². The molecule has 0 bridgehead atoms. The van der Waals surface area contributed by atoms with Gasteiger partial charge in [-0.2, -0.15) is 0 Å². The van der Waals surface area contributed by atoms with E-state index in [-0.39, 0.29) is 11.4 Å². The number of sulfonamides is 1. The molecule has 0 spiro atoms. The van der Waals surface area contributed by atoms with E-state index in [4.69, 9.17) is 17.3 Å². The first-order chi connectivity index (χ1) is 9.40. The van der Waals surface area contributed by atoms with E-state index in [0.29, 0.717) is 10.7 Å². The fraction of sp³-hybridized carbons (Fsp3) is 0.143. The fourth-order valence-electron chi connectivity index (χ4n) is 1.76. The Kier molecular flexibility index (Phi) is 4.32. The Morgan fingerprint density at radius 2 is 1.80 bits per heavy atom. The van der Waals surface area contributed by atoms with Crippen LogP contribution in [0.2, 0.25) is 5.02 Å². The molecule has 2 aromatic carbocycles. The van der Waals surface area contributed by atoms with Gasteiger partial charge in [-0.25, -0.2) is 13.1 Å². The van der Waals surface area contributed by atoms with Crippen LogP contribution in [0.5, 0.6) is 0 Å². The summed E-state index contributed by atoms with van der Waals surface area (Å²) in [6.45, 7) is 2.06. The third-order valence-electron chi connectivity index (χ3n) is 3.06. The van der Waals surface area contributed by atoms with Gasteiger partial charge in [0, 0.05) is 17.3 Å². The van der Waals surface area contributed by atoms with Crippen molar-refractivity contribution in [1.82, 2.24) is 4.72 Å². The second-order valence-corrected chi connectivity index (χ2v) is 6.61. The molecule has 0 atom stereocenters. The number of nitrogens with one attached hydrogen (secondary N) is 1. The number of hydrogen-bond acceptors (Lipinski definition) is 3. The number of hydrogen-bond donors (Lipinski definition) is 2. The lowest BCUT2D eigenvalue weighted by Gasteiger charge is -2.10. The second-order valence-electron chi connectivity index (χ2n) is 4.41. The van der Waals surface area contributed by atoms with Crippen LogP contribution in [0.1, 0.15) is 11.1 Å². The topological polar surface area (TPSA) is 72.2 Å². The van der Waals surface area contributed by atoms with Crippen LogP contribution in [-0.2, 0) is 16.6 Å². The summed E-state index contributed by atoms with van der Waals surface area (Å²) < 4.78 is 26.8. The number of nitrogens with two attached hydrogens (primary N) is 1. The molecule has 6 heteroatoms. The van der Waals surface area contributed by atoms with Crippen molar-refractivity contribution in [2.45, 2.75) is 18.4 Å². The zero-order valence-corrected chi connectivity index (χ0v) is 12.5. The van der Waals surface area contributed by atoms with Gasteiger partial charge >= 0.3 is 0 Å². The molecule has 0 saturated carbocycles. The molecule has 0 aliphatic rings. The van der Waals surface area contributed by atoms with Crippen molar-refractivity contribution < 1.29 is 8.42 Å². The largest absolute Gasteiger partial charge is 0.399 e. The van der Waals surface area contributed by atoms with E-state index in [0.717, 1.165) is 11.1 Å². The first-order valence-electron chi connectivity index (χ1n) is 5.99. The summed E-state index contributed by atoms with van der Waals surface area (Å²) in [5, 5.41) is 0.496. The van der Waals surface area contributed by atoms with E-state index in [2.05, 4.69) is 4.72 Å². The Balaban J connectivity index is 2.17. The van der Waals surface area contributed by atoms with Crippen molar-refractivity contribution in [1.29, 1.82) is 0 Å². The summed E-state index contributed by atoms with van der Waals surface area (Å²) in [5.41, 5.74) is 8.17. The van der Waals surface area contributed by atoms with Crippen LogP contribution in [0.25, 0.3) is 0 Å². The molecule has 20 heavy (non-hydrogen) atoms. The Hall–Kier alpha value is -1.56. The molecular weight excluding hydrogens is 296 g/mol. The van der Waals surface area contributed by atoms with E-state index < -0.39 is 10.0 Å². The number of rotatable bonds is 4. The highest BCUT2D eigenvalue weighted by atomic mass is 35.5. The quantitative estimate of drug-likeness (QED) is 0.853. The summed E-state index contributed by atoms with van der Waals surface area (Å²) in [7, 11) is -3.55. The van der Waals surface area contributed by atoms with E-state index >= 15 is 0 Å². The van der Waals surface area contributed by atoms with Crippen LogP contribution in [0, 0.1) is 6.92 Å². The van der Waals surface area contributed by atoms with E-state index in [1.165, 1.54) is 12.1 Å². The number of nitrogen functional groups attached to an aromatic ring is 1. The summed E-state index contributed by atoms with van der Waals surface area (Å²) in [4.78, 5) is 0.184. The summed E-state index contributed by atoms with van der Waals surface area (Å²) >= 11 is 5.74. The standard InChI is InChI=1S/C14H15ClN2O2S/c1-10-11(3-2-4-14(10)16)9-17-20(18,19)13-7-5-12(15)6-8-13/h2-8,17H,9,16H2,1H3. The summed E-state index contributed by atoms with van der Waals surface area (Å²) in [5.74, 6) is 0. The average molecular weight is 311 g/mol. The van der Waals surface area contributed by atoms with Crippen LogP contribution in [-0.4, -0.2) is 8.42 Å². The number of anilines is 1. The van der Waals surface area contributed by atoms with Gasteiger partial charge in [0.05, 0.1) is 4.90 Å². The van der Waals surface area contributed by atoms with Gasteiger partial charge in [0.15, 0.2) is 0 Å². The van der Waals surface area contributed by atoms with E-state index in [1.807, 2.05) is 13.0 Å². The zero-order chi connectivity index (χ0) is 14.8. The third kappa shape index (κ3) is 3.30. The SMILES string of the molecule is Cc1c(N)cccc1CNS(=O)(=O)c1ccc(Cl)cc1. The Morgan fingerprint density at radius 3 is 2.45 bits per heavy atom. The van der Waals surface area contributed by atoms with Gasteiger partial charge in [-0.05, 0) is 48.4 Å². The Bertz CT molecular complexity index is 712. The first kappa shape index (κ1) is 14.8. The van der Waals surface area contributed by atoms with Crippen molar-refractivity contribution >= 4 is 27.3 Å². The molecule has 0 unspecified atom stereocenters. The molecule has 3 N–H and O–H groups in total. The predicted molar refractivity (Wildman–Crippen MR) is 81.1 cm³/mol. The molecule has 0 heterocycles. The molecule has 4 nitrogen and oxygen atoms in total. The van der Waals surface area contributed by atoms with Crippen LogP contribution in [0.3, 0.4) is 0 Å². The molecule has 0 aliphatic heterocycles. The predicted octanol–water partition coefficient (Wildman–Crippen LogP) is 2.71. The van der Waals surface area contributed by atoms with Crippen LogP contribution < -0.4 is 10.5 Å². The number of halogens is 1. The maximum absolute atomic E-state index is 12.1. The van der Waals surface area contributed by atoms with Gasteiger partial charge in [-0.15, -0.1) is 0 Å². The molecule has 0 saturated heterocycles. The minimum atomic E-state index is -3.55. The monoisotopic (exact) mass is 310 g/mol. The van der Waals surface area contributed by atoms with Gasteiger partial charge < -0.3 is 5.73 Å². The minimum Gasteiger partial charge on any atom is -0.399 e. The average Bonchev–Trinajstić information content (AvgIpc) is 2.41. The highest BCUT2D eigenvalue weighted by molar-refractivity contribution is 7.89. The molecule has 2 rings (SSSR count). The molecule has 0 amide bonds. The Labute approximate surface area is 123 Å². The van der Waals surface area contributed by atoms with Crippen molar-refractivity contribution in [3.63, 3.8) is 0 Å². The number of benzene rings is 2. The molecule has 0 radical (unpaired) electrons. The van der Waals surface area contributed by atoms with Gasteiger partial charge in [0.1, 0.15) is 0 Å². The van der Waals surface area contributed by atoms with E-state index in [9.17, 15) is 8.42 Å². The normalized spacial score (nSPS) is 11.5. The summed E-state index contributed by atoms with van der Waals surface area (Å²) in [6, 6.07) is 11.5. The van der Waals surface area contributed by atoms with Gasteiger partial charge in [-0.1, -0.05) is 23.7 Å². The highest BCUT2D eigenvalue weighted by Gasteiger charge is 2.14. The molecule has 2 aromatic rings. The van der Waals surface area contributed by atoms with Crippen molar-refractivity contribution in [3.8, 4) is 0 Å². The maximum Gasteiger partial charge on any atom is 0.240 e. The minimum absolute atomic E-state index is 0.184. The van der Waals surface area contributed by atoms with Gasteiger partial charge in [-0.3, -0.25) is 0 Å². The lowest BCUT2D eigenvalue weighted by atomic mass is 10.1. The molecule has 106 valence electrons. The fourth-order valence-corrected chi connectivity index (χ4v) is 2.90. The third-order valence-corrected chi connectivity index (χ3v) is 4.73. The maximum atomic E-state index is 12.1. The van der Waals surface area contributed by atoms with Crippen molar-refractivity contribution in [3.05, 3.63) is 58.6 Å². The lowest BCUT2D eigenvalue weighted by molar-refractivity contribution is 0.581. The summed E-state index contributed by atoms with van der Waals surface area (Å²) in [6.07, 6.45) is 0. The smallest absolute Gasteiger partial charge is 0.240 e. The second kappa shape index (κ2) is 5.83. The van der Waals surface area contributed by atoms with Crippen LogP contribution in [0.4, 0.5) is 5.69 Å². The lowest BCUT2D eigenvalue weighted by Crippen LogP contribution is -2.23. The van der Waals surface area contributed by atoms with Gasteiger partial charge in [0.2, 0.25) is 10.0 Å². The molecule has 0 fully saturated rings. The van der Waals surface area contributed by atoms with Crippen LogP contribution in [0.15, 0.2) is 47.4 Å². The van der Waals surface area contributed by atoms with Crippen molar-refractivity contribution in [2.24, 2.45) is 0 Å². The van der Waals surface area contributed by atoms with Crippen LogP contribution >= 0.6 is 11.6 Å². The van der Waals surface area contributed by atoms with Gasteiger partial charge in [0.25, 0.3) is 0 Å². The molecule has 0 aromatic heterocycles. The van der Waals surface area contributed by atoms with E-state index in [1.54, 1.807) is 24.3 Å². The first-order valence-corrected chi connectivity index (χ1v) is 7.85. The molecule has 0 aliphatic carbocycles. The molecular formula is C14H15ClN2O2S. The zero-order valence-electron chi connectivity index (χ0n) is 10.9. The Morgan fingerprint density at radius 1 is 1.15 bits per heavy atom.